The van der Waals surface area contributed by atoms with E-state index in [9.17, 15) is 14.7 Å². The largest absolute Gasteiger partial charge is 0.467 e. The summed E-state index contributed by atoms with van der Waals surface area (Å²) in [5, 5.41) is 9.25. The highest BCUT2D eigenvalue weighted by atomic mass is 16.6. The number of aliphatic hydroxyl groups excluding tert-OH is 1. The maximum atomic E-state index is 12.0. The third kappa shape index (κ3) is 3.35. The molecule has 6 heteroatoms. The van der Waals surface area contributed by atoms with Gasteiger partial charge >= 0.3 is 12.1 Å². The molecule has 1 aliphatic rings. The van der Waals surface area contributed by atoms with Gasteiger partial charge in [0, 0.05) is 0 Å². The molecule has 1 amide bonds. The lowest BCUT2D eigenvalue weighted by atomic mass is 10.2. The van der Waals surface area contributed by atoms with Crippen molar-refractivity contribution in [3.05, 3.63) is 0 Å². The normalized spacial score (nSPS) is 23.9. The molecule has 0 bridgehead atoms. The van der Waals surface area contributed by atoms with Crippen molar-refractivity contribution >= 4 is 12.1 Å². The Hall–Kier alpha value is -1.30. The third-order valence-corrected chi connectivity index (χ3v) is 2.79. The highest BCUT2D eigenvalue weighted by Gasteiger charge is 2.43. The van der Waals surface area contributed by atoms with Gasteiger partial charge in [0.25, 0.3) is 0 Å². The number of hydrogen-bond donors (Lipinski definition) is 1. The average Bonchev–Trinajstić information content (AvgIpc) is 2.69. The van der Waals surface area contributed by atoms with Gasteiger partial charge in [-0.25, -0.2) is 9.59 Å². The highest BCUT2D eigenvalue weighted by molar-refractivity contribution is 5.82. The Bertz CT molecular complexity index is 323. The first-order chi connectivity index (χ1) is 8.30. The van der Waals surface area contributed by atoms with Crippen molar-refractivity contribution in [2.75, 3.05) is 13.7 Å². The second-order valence-corrected chi connectivity index (χ2v) is 5.34. The van der Waals surface area contributed by atoms with E-state index in [-0.39, 0.29) is 12.6 Å². The number of carbonyl (C=O) groups excluding carboxylic acids is 2. The molecule has 1 aliphatic heterocycles. The molecule has 6 nitrogen and oxygen atoms in total. The van der Waals surface area contributed by atoms with Crippen LogP contribution in [-0.2, 0) is 14.3 Å². The van der Waals surface area contributed by atoms with Crippen LogP contribution in [0.3, 0.4) is 0 Å². The summed E-state index contributed by atoms with van der Waals surface area (Å²) in [6, 6.07) is -1.05. The lowest BCUT2D eigenvalue weighted by Crippen LogP contribution is -2.48. The molecule has 18 heavy (non-hydrogen) atoms. The summed E-state index contributed by atoms with van der Waals surface area (Å²) in [5.74, 6) is -0.475. The SMILES string of the molecule is COC(=O)[C@@H]1CC[C@@H](CO)N1C(=O)OC(C)(C)C. The summed E-state index contributed by atoms with van der Waals surface area (Å²) >= 11 is 0. The van der Waals surface area contributed by atoms with Crippen molar-refractivity contribution in [2.45, 2.75) is 51.3 Å². The number of likely N-dealkylation sites (tertiary alicyclic amines) is 1. The van der Waals surface area contributed by atoms with Crippen molar-refractivity contribution in [2.24, 2.45) is 0 Å². The number of methoxy groups -OCH3 is 1. The van der Waals surface area contributed by atoms with E-state index < -0.39 is 23.7 Å². The van der Waals surface area contributed by atoms with Gasteiger partial charge in [0.15, 0.2) is 0 Å². The van der Waals surface area contributed by atoms with Gasteiger partial charge in [0.2, 0.25) is 0 Å². The van der Waals surface area contributed by atoms with Crippen LogP contribution in [0, 0.1) is 0 Å². The molecular weight excluding hydrogens is 238 g/mol. The molecule has 0 saturated carbocycles. The van der Waals surface area contributed by atoms with Gasteiger partial charge in [0.05, 0.1) is 19.8 Å². The number of esters is 1. The van der Waals surface area contributed by atoms with Crippen LogP contribution in [0.15, 0.2) is 0 Å². The fourth-order valence-electron chi connectivity index (χ4n) is 2.02. The van der Waals surface area contributed by atoms with Crippen molar-refractivity contribution < 1.29 is 24.2 Å². The van der Waals surface area contributed by atoms with Crippen molar-refractivity contribution in [3.63, 3.8) is 0 Å². The Balaban J connectivity index is 2.84. The van der Waals surface area contributed by atoms with E-state index in [2.05, 4.69) is 4.74 Å². The standard InChI is InChI=1S/C12H21NO5/c1-12(2,3)18-11(16)13-8(7-14)5-6-9(13)10(15)17-4/h8-9,14H,5-7H2,1-4H3/t8-,9-/m0/s1. The Labute approximate surface area is 107 Å². The molecule has 0 aromatic rings. The van der Waals surface area contributed by atoms with Crippen molar-refractivity contribution in [3.8, 4) is 0 Å². The van der Waals surface area contributed by atoms with E-state index in [4.69, 9.17) is 4.74 Å². The minimum atomic E-state index is -0.665. The van der Waals surface area contributed by atoms with E-state index in [1.165, 1.54) is 12.0 Å². The first-order valence-electron chi connectivity index (χ1n) is 6.00. The number of hydrogen-bond acceptors (Lipinski definition) is 5. The number of carbonyl (C=O) groups is 2. The number of aliphatic hydroxyl groups is 1. The van der Waals surface area contributed by atoms with Crippen molar-refractivity contribution in [1.82, 2.24) is 4.90 Å². The third-order valence-electron chi connectivity index (χ3n) is 2.79. The quantitative estimate of drug-likeness (QED) is 0.746. The average molecular weight is 259 g/mol. The van der Waals surface area contributed by atoms with Crippen LogP contribution < -0.4 is 0 Å². The van der Waals surface area contributed by atoms with Gasteiger partial charge in [0.1, 0.15) is 11.6 Å². The van der Waals surface area contributed by atoms with E-state index in [1.54, 1.807) is 20.8 Å². The highest BCUT2D eigenvalue weighted by Crippen LogP contribution is 2.27. The molecule has 0 spiro atoms. The first kappa shape index (κ1) is 14.8. The molecule has 2 atom stereocenters. The molecule has 0 unspecified atom stereocenters. The van der Waals surface area contributed by atoms with Gasteiger partial charge < -0.3 is 14.6 Å². The van der Waals surface area contributed by atoms with Crippen molar-refractivity contribution in [1.29, 1.82) is 0 Å². The minimum Gasteiger partial charge on any atom is -0.467 e. The molecule has 0 aromatic carbocycles. The topological polar surface area (TPSA) is 76.1 Å². The zero-order valence-corrected chi connectivity index (χ0v) is 11.3. The Kier molecular flexibility index (Phi) is 4.56. The van der Waals surface area contributed by atoms with Crippen LogP contribution in [0.1, 0.15) is 33.6 Å². The number of ether oxygens (including phenoxy) is 2. The molecule has 1 fully saturated rings. The fourth-order valence-corrected chi connectivity index (χ4v) is 2.02. The summed E-state index contributed by atoms with van der Waals surface area (Å²) in [7, 11) is 1.28. The fraction of sp³-hybridized carbons (Fsp3) is 0.833. The Morgan fingerprint density at radius 1 is 1.33 bits per heavy atom. The Morgan fingerprint density at radius 3 is 2.39 bits per heavy atom. The number of rotatable bonds is 2. The number of nitrogens with zero attached hydrogens (tertiary/aromatic N) is 1. The van der Waals surface area contributed by atoms with Gasteiger partial charge in [-0.3, -0.25) is 4.90 Å². The minimum absolute atomic E-state index is 0.188. The molecule has 0 radical (unpaired) electrons. The molecule has 1 rings (SSSR count). The molecule has 1 N–H and O–H groups in total. The molecule has 0 aliphatic carbocycles. The summed E-state index contributed by atoms with van der Waals surface area (Å²) in [6.07, 6.45) is 0.460. The van der Waals surface area contributed by atoms with E-state index in [0.29, 0.717) is 12.8 Å². The predicted octanol–water partition coefficient (Wildman–Crippen LogP) is 0.920. The monoisotopic (exact) mass is 259 g/mol. The van der Waals surface area contributed by atoms with Gasteiger partial charge in [-0.05, 0) is 33.6 Å². The predicted molar refractivity (Wildman–Crippen MR) is 64.0 cm³/mol. The molecular formula is C12H21NO5. The van der Waals surface area contributed by atoms with Gasteiger partial charge in [-0.15, -0.1) is 0 Å². The smallest absolute Gasteiger partial charge is 0.411 e. The van der Waals surface area contributed by atoms with E-state index in [0.717, 1.165) is 0 Å². The molecule has 1 heterocycles. The summed E-state index contributed by atoms with van der Waals surface area (Å²) in [4.78, 5) is 24.9. The lowest BCUT2D eigenvalue weighted by molar-refractivity contribution is -0.146. The van der Waals surface area contributed by atoms with Crippen LogP contribution in [0.25, 0.3) is 0 Å². The molecule has 1 saturated heterocycles. The van der Waals surface area contributed by atoms with Crippen LogP contribution in [0.4, 0.5) is 4.79 Å². The van der Waals surface area contributed by atoms with Gasteiger partial charge in [-0.1, -0.05) is 0 Å². The summed E-state index contributed by atoms with van der Waals surface area (Å²) < 4.78 is 9.91. The van der Waals surface area contributed by atoms with E-state index >= 15 is 0 Å². The van der Waals surface area contributed by atoms with Crippen LogP contribution in [0.2, 0.25) is 0 Å². The zero-order valence-electron chi connectivity index (χ0n) is 11.3. The van der Waals surface area contributed by atoms with Crippen LogP contribution in [0.5, 0.6) is 0 Å². The van der Waals surface area contributed by atoms with Crippen LogP contribution >= 0.6 is 0 Å². The second kappa shape index (κ2) is 5.56. The first-order valence-corrected chi connectivity index (χ1v) is 6.00. The maximum absolute atomic E-state index is 12.0. The van der Waals surface area contributed by atoms with Crippen LogP contribution in [-0.4, -0.2) is 53.5 Å². The summed E-state index contributed by atoms with van der Waals surface area (Å²) in [5.41, 5.74) is -0.639. The van der Waals surface area contributed by atoms with E-state index in [1.807, 2.05) is 0 Å². The zero-order chi connectivity index (χ0) is 13.9. The maximum Gasteiger partial charge on any atom is 0.411 e. The lowest BCUT2D eigenvalue weighted by Gasteiger charge is -2.30. The van der Waals surface area contributed by atoms with Gasteiger partial charge in [-0.2, -0.15) is 0 Å². The Morgan fingerprint density at radius 2 is 1.94 bits per heavy atom. The molecule has 0 aromatic heterocycles. The second-order valence-electron chi connectivity index (χ2n) is 5.34. The summed E-state index contributed by atoms with van der Waals surface area (Å²) in [6.45, 7) is 5.07. The number of amides is 1. The molecule has 104 valence electrons.